The number of carbonyl (C=O) groups is 1. The summed E-state index contributed by atoms with van der Waals surface area (Å²) in [6, 6.07) is 10.1. The minimum atomic E-state index is -0.560. The van der Waals surface area contributed by atoms with Gasteiger partial charge in [-0.15, -0.1) is 0 Å². The first-order chi connectivity index (χ1) is 10.8. The Morgan fingerprint density at radius 2 is 1.65 bits per heavy atom. The smallest absolute Gasteiger partial charge is 0.265 e. The van der Waals surface area contributed by atoms with Gasteiger partial charge in [0, 0.05) is 5.69 Å². The maximum atomic E-state index is 12.4. The van der Waals surface area contributed by atoms with Crippen LogP contribution in [0.25, 0.3) is 0 Å². The number of amides is 1. The minimum absolute atomic E-state index is 0.141. The van der Waals surface area contributed by atoms with Crippen LogP contribution in [0.4, 0.5) is 5.69 Å². The van der Waals surface area contributed by atoms with Crippen molar-refractivity contribution in [2.45, 2.75) is 47.6 Å². The molecule has 0 spiro atoms. The first-order valence-electron chi connectivity index (χ1n) is 7.90. The maximum absolute atomic E-state index is 12.4. The average molecular weight is 311 g/mol. The molecule has 3 heteroatoms. The van der Waals surface area contributed by atoms with E-state index >= 15 is 0 Å². The van der Waals surface area contributed by atoms with Crippen molar-refractivity contribution in [1.29, 1.82) is 0 Å². The molecule has 2 rings (SSSR count). The molecule has 1 atom stereocenters. The summed E-state index contributed by atoms with van der Waals surface area (Å²) >= 11 is 0. The third kappa shape index (κ3) is 4.13. The Morgan fingerprint density at radius 3 is 2.35 bits per heavy atom. The van der Waals surface area contributed by atoms with Gasteiger partial charge in [0.1, 0.15) is 5.75 Å². The third-order valence-corrected chi connectivity index (χ3v) is 4.09. The normalized spacial score (nSPS) is 11.9. The van der Waals surface area contributed by atoms with Gasteiger partial charge >= 0.3 is 0 Å². The number of anilines is 1. The van der Waals surface area contributed by atoms with Crippen LogP contribution in [0.1, 0.15) is 34.7 Å². The average Bonchev–Trinajstić information content (AvgIpc) is 2.47. The number of hydrogen-bond acceptors (Lipinski definition) is 2. The quantitative estimate of drug-likeness (QED) is 0.893. The number of carbonyl (C=O) groups excluding carboxylic acids is 1. The van der Waals surface area contributed by atoms with Gasteiger partial charge in [-0.05, 0) is 81.5 Å². The van der Waals surface area contributed by atoms with Crippen molar-refractivity contribution in [3.63, 3.8) is 0 Å². The molecule has 0 aliphatic heterocycles. The standard InChI is InChI=1S/C20H25NO2/c1-12-7-8-14(3)18(10-12)21-20(22)17(6)23-19-11-13(2)9-15(4)16(19)5/h7-11,17H,1-6H3,(H,21,22)/t17-/m0/s1. The molecule has 0 saturated carbocycles. The molecule has 0 saturated heterocycles. The largest absolute Gasteiger partial charge is 0.481 e. The van der Waals surface area contributed by atoms with E-state index in [-0.39, 0.29) is 5.91 Å². The Hall–Kier alpha value is -2.29. The Balaban J connectivity index is 2.13. The molecule has 0 heterocycles. The second-order valence-electron chi connectivity index (χ2n) is 6.27. The summed E-state index contributed by atoms with van der Waals surface area (Å²) in [5.41, 5.74) is 6.36. The van der Waals surface area contributed by atoms with Crippen molar-refractivity contribution in [3.05, 3.63) is 58.1 Å². The van der Waals surface area contributed by atoms with Crippen molar-refractivity contribution < 1.29 is 9.53 Å². The van der Waals surface area contributed by atoms with E-state index in [9.17, 15) is 4.79 Å². The highest BCUT2D eigenvalue weighted by Gasteiger charge is 2.17. The maximum Gasteiger partial charge on any atom is 0.265 e. The monoisotopic (exact) mass is 311 g/mol. The molecule has 1 N–H and O–H groups in total. The number of aryl methyl sites for hydroxylation is 4. The van der Waals surface area contributed by atoms with Gasteiger partial charge in [0.25, 0.3) is 5.91 Å². The van der Waals surface area contributed by atoms with Gasteiger partial charge in [-0.25, -0.2) is 0 Å². The highest BCUT2D eigenvalue weighted by molar-refractivity contribution is 5.94. The van der Waals surface area contributed by atoms with Gasteiger partial charge in [0.05, 0.1) is 0 Å². The van der Waals surface area contributed by atoms with Gasteiger partial charge in [0.15, 0.2) is 6.10 Å². The second kappa shape index (κ2) is 6.86. The number of nitrogens with one attached hydrogen (secondary N) is 1. The van der Waals surface area contributed by atoms with Crippen LogP contribution in [0.15, 0.2) is 30.3 Å². The number of hydrogen-bond donors (Lipinski definition) is 1. The van der Waals surface area contributed by atoms with E-state index in [1.54, 1.807) is 6.92 Å². The molecular formula is C20H25NO2. The fraction of sp³-hybridized carbons (Fsp3) is 0.350. The lowest BCUT2D eigenvalue weighted by Gasteiger charge is -2.18. The molecule has 0 radical (unpaired) electrons. The highest BCUT2D eigenvalue weighted by atomic mass is 16.5. The molecule has 0 bridgehead atoms. The number of benzene rings is 2. The zero-order valence-electron chi connectivity index (χ0n) is 14.8. The molecule has 2 aromatic carbocycles. The van der Waals surface area contributed by atoms with E-state index in [0.717, 1.165) is 33.7 Å². The van der Waals surface area contributed by atoms with Crippen LogP contribution in [0.3, 0.4) is 0 Å². The third-order valence-electron chi connectivity index (χ3n) is 4.09. The topological polar surface area (TPSA) is 38.3 Å². The summed E-state index contributed by atoms with van der Waals surface area (Å²) in [6.45, 7) is 11.9. The van der Waals surface area contributed by atoms with E-state index in [1.165, 1.54) is 5.56 Å². The van der Waals surface area contributed by atoms with Crippen LogP contribution in [-0.4, -0.2) is 12.0 Å². The number of rotatable bonds is 4. The van der Waals surface area contributed by atoms with Gasteiger partial charge in [-0.2, -0.15) is 0 Å². The summed E-state index contributed by atoms with van der Waals surface area (Å²) in [5.74, 6) is 0.628. The Bertz CT molecular complexity index is 735. The summed E-state index contributed by atoms with van der Waals surface area (Å²) in [7, 11) is 0. The predicted octanol–water partition coefficient (Wildman–Crippen LogP) is 4.63. The van der Waals surface area contributed by atoms with Crippen LogP contribution < -0.4 is 10.1 Å². The van der Waals surface area contributed by atoms with Crippen molar-refractivity contribution in [2.24, 2.45) is 0 Å². The molecule has 0 fully saturated rings. The minimum Gasteiger partial charge on any atom is -0.481 e. The van der Waals surface area contributed by atoms with Crippen molar-refractivity contribution in [2.75, 3.05) is 5.32 Å². The fourth-order valence-corrected chi connectivity index (χ4v) is 2.47. The molecule has 1 amide bonds. The Kier molecular flexibility index (Phi) is 5.09. The molecule has 0 aliphatic carbocycles. The van der Waals surface area contributed by atoms with E-state index in [2.05, 4.69) is 18.3 Å². The summed E-state index contributed by atoms with van der Waals surface area (Å²) in [6.07, 6.45) is -0.560. The first-order valence-corrected chi connectivity index (χ1v) is 7.90. The fourth-order valence-electron chi connectivity index (χ4n) is 2.47. The number of ether oxygens (including phenoxy) is 1. The van der Waals surface area contributed by atoms with Gasteiger partial charge in [0.2, 0.25) is 0 Å². The molecule has 23 heavy (non-hydrogen) atoms. The van der Waals surface area contributed by atoms with Gasteiger partial charge in [-0.3, -0.25) is 4.79 Å². The van der Waals surface area contributed by atoms with E-state index < -0.39 is 6.10 Å². The summed E-state index contributed by atoms with van der Waals surface area (Å²) in [5, 5.41) is 2.96. The van der Waals surface area contributed by atoms with E-state index in [1.807, 2.05) is 52.0 Å². The van der Waals surface area contributed by atoms with Crippen LogP contribution >= 0.6 is 0 Å². The molecule has 2 aromatic rings. The lowest BCUT2D eigenvalue weighted by atomic mass is 10.1. The van der Waals surface area contributed by atoms with Crippen molar-refractivity contribution in [3.8, 4) is 5.75 Å². The lowest BCUT2D eigenvalue weighted by Crippen LogP contribution is -2.30. The van der Waals surface area contributed by atoms with Crippen LogP contribution in [0.5, 0.6) is 5.75 Å². The molecule has 0 aromatic heterocycles. The molecule has 3 nitrogen and oxygen atoms in total. The first kappa shape index (κ1) is 17.1. The molecule has 0 unspecified atom stereocenters. The second-order valence-corrected chi connectivity index (χ2v) is 6.27. The van der Waals surface area contributed by atoms with Crippen LogP contribution in [0.2, 0.25) is 0 Å². The molecular weight excluding hydrogens is 286 g/mol. The van der Waals surface area contributed by atoms with Crippen LogP contribution in [0, 0.1) is 34.6 Å². The van der Waals surface area contributed by atoms with Crippen molar-refractivity contribution >= 4 is 11.6 Å². The van der Waals surface area contributed by atoms with E-state index in [4.69, 9.17) is 4.74 Å². The zero-order valence-corrected chi connectivity index (χ0v) is 14.8. The zero-order chi connectivity index (χ0) is 17.1. The Labute approximate surface area is 138 Å². The Morgan fingerprint density at radius 1 is 0.957 bits per heavy atom. The highest BCUT2D eigenvalue weighted by Crippen LogP contribution is 2.25. The van der Waals surface area contributed by atoms with Crippen LogP contribution in [-0.2, 0) is 4.79 Å². The van der Waals surface area contributed by atoms with Gasteiger partial charge < -0.3 is 10.1 Å². The SMILES string of the molecule is Cc1ccc(C)c(NC(=O)[C@H](C)Oc2cc(C)cc(C)c2C)c1. The predicted molar refractivity (Wildman–Crippen MR) is 95.3 cm³/mol. The van der Waals surface area contributed by atoms with Crippen molar-refractivity contribution in [1.82, 2.24) is 0 Å². The molecule has 122 valence electrons. The summed E-state index contributed by atoms with van der Waals surface area (Å²) in [4.78, 5) is 12.4. The van der Waals surface area contributed by atoms with Gasteiger partial charge in [-0.1, -0.05) is 18.2 Å². The van der Waals surface area contributed by atoms with E-state index in [0.29, 0.717) is 0 Å². The lowest BCUT2D eigenvalue weighted by molar-refractivity contribution is -0.122. The summed E-state index contributed by atoms with van der Waals surface area (Å²) < 4.78 is 5.90. The molecule has 0 aliphatic rings.